The van der Waals surface area contributed by atoms with E-state index in [4.69, 9.17) is 4.74 Å². The molecule has 1 atom stereocenters. The average molecular weight is 487 g/mol. The summed E-state index contributed by atoms with van der Waals surface area (Å²) >= 11 is 0. The summed E-state index contributed by atoms with van der Waals surface area (Å²) in [6, 6.07) is 6.08. The third-order valence-electron chi connectivity index (χ3n) is 5.31. The van der Waals surface area contributed by atoms with Gasteiger partial charge in [0.2, 0.25) is 10.0 Å². The van der Waals surface area contributed by atoms with Gasteiger partial charge in [-0.2, -0.15) is 22.5 Å². The first-order valence-electron chi connectivity index (χ1n) is 10.5. The fourth-order valence-electron chi connectivity index (χ4n) is 3.59. The highest BCUT2D eigenvalue weighted by Crippen LogP contribution is 2.28. The minimum atomic E-state index is -4.61. The van der Waals surface area contributed by atoms with Gasteiger partial charge in [0, 0.05) is 31.4 Å². The number of piperidine rings is 1. The molecule has 33 heavy (non-hydrogen) atoms. The maximum Gasteiger partial charge on any atom is 0.433 e. The Kier molecular flexibility index (Phi) is 7.58. The summed E-state index contributed by atoms with van der Waals surface area (Å²) in [6.07, 6.45) is -3.08. The third kappa shape index (κ3) is 5.80. The normalized spacial score (nSPS) is 17.3. The van der Waals surface area contributed by atoms with Crippen LogP contribution in [0.3, 0.4) is 0 Å². The number of amides is 1. The number of aromatic nitrogens is 2. The number of benzene rings is 1. The summed E-state index contributed by atoms with van der Waals surface area (Å²) in [5.74, 6) is -0.319. The predicted molar refractivity (Wildman–Crippen MR) is 113 cm³/mol. The Morgan fingerprint density at radius 3 is 2.45 bits per heavy atom. The molecule has 2 aromatic rings. The second-order valence-electron chi connectivity index (χ2n) is 7.47. The van der Waals surface area contributed by atoms with Gasteiger partial charge in [-0.3, -0.25) is 4.79 Å². The van der Waals surface area contributed by atoms with Crippen molar-refractivity contribution in [3.63, 3.8) is 0 Å². The molecule has 0 saturated carbocycles. The lowest BCUT2D eigenvalue weighted by Gasteiger charge is -2.32. The number of halogens is 3. The van der Waals surface area contributed by atoms with E-state index in [2.05, 4.69) is 9.97 Å². The number of rotatable bonds is 7. The van der Waals surface area contributed by atoms with E-state index in [0.717, 1.165) is 12.3 Å². The van der Waals surface area contributed by atoms with Crippen LogP contribution in [0.15, 0.2) is 41.4 Å². The van der Waals surface area contributed by atoms with Crippen LogP contribution < -0.4 is 4.74 Å². The molecule has 0 radical (unpaired) electrons. The summed E-state index contributed by atoms with van der Waals surface area (Å²) in [4.78, 5) is 21.7. The molecule has 12 heteroatoms. The molecule has 1 amide bonds. The first-order valence-corrected chi connectivity index (χ1v) is 12.0. The summed E-state index contributed by atoms with van der Waals surface area (Å²) < 4.78 is 70.6. The molecule has 0 bridgehead atoms. The lowest BCUT2D eigenvalue weighted by atomic mass is 10.1. The van der Waals surface area contributed by atoms with Crippen LogP contribution in [0.1, 0.15) is 42.7 Å². The van der Waals surface area contributed by atoms with Gasteiger partial charge in [-0.15, -0.1) is 0 Å². The molecular formula is C21H25F3N4O4S. The van der Waals surface area contributed by atoms with E-state index in [1.807, 2.05) is 0 Å². The highest BCUT2D eigenvalue weighted by atomic mass is 32.2. The molecule has 180 valence electrons. The fourth-order valence-corrected chi connectivity index (χ4v) is 5.05. The van der Waals surface area contributed by atoms with E-state index in [-0.39, 0.29) is 17.3 Å². The summed E-state index contributed by atoms with van der Waals surface area (Å²) in [5, 5.41) is 0. The first-order chi connectivity index (χ1) is 15.6. The molecule has 1 aliphatic rings. The van der Waals surface area contributed by atoms with Crippen molar-refractivity contribution in [1.82, 2.24) is 19.2 Å². The minimum Gasteiger partial charge on any atom is -0.458 e. The van der Waals surface area contributed by atoms with E-state index >= 15 is 0 Å². The second kappa shape index (κ2) is 10.0. The van der Waals surface area contributed by atoms with Crippen LogP contribution in [-0.2, 0) is 16.2 Å². The van der Waals surface area contributed by atoms with Gasteiger partial charge in [-0.25, -0.2) is 13.4 Å². The molecule has 1 unspecified atom stereocenters. The second-order valence-corrected chi connectivity index (χ2v) is 9.41. The molecule has 1 aromatic heterocycles. The molecule has 8 nitrogen and oxygen atoms in total. The standard InChI is InChI=1S/C21H25F3N4O4S/c1-3-28(4-2)33(30,31)17-9-7-15(8-10-17)19(29)27-13-5-6-16(14-27)32-20-25-12-11-18(26-20)21(22,23)24/h7-12,16H,3-6,13-14H2,1-2H3. The fraction of sp³-hybridized carbons (Fsp3) is 0.476. The van der Waals surface area contributed by atoms with Crippen molar-refractivity contribution in [2.75, 3.05) is 26.2 Å². The van der Waals surface area contributed by atoms with Crippen molar-refractivity contribution >= 4 is 15.9 Å². The van der Waals surface area contributed by atoms with Gasteiger partial charge < -0.3 is 9.64 Å². The highest BCUT2D eigenvalue weighted by molar-refractivity contribution is 7.89. The molecule has 0 N–H and O–H groups in total. The highest BCUT2D eigenvalue weighted by Gasteiger charge is 2.34. The Bertz CT molecular complexity index is 1070. The Hall–Kier alpha value is -2.73. The Morgan fingerprint density at radius 1 is 1.18 bits per heavy atom. The molecule has 1 fully saturated rings. The number of carbonyl (C=O) groups excluding carboxylic acids is 1. The number of likely N-dealkylation sites (tertiary alicyclic amines) is 1. The molecule has 0 spiro atoms. The number of hydrogen-bond acceptors (Lipinski definition) is 6. The summed E-state index contributed by atoms with van der Waals surface area (Å²) in [7, 11) is -3.63. The van der Waals surface area contributed by atoms with E-state index < -0.39 is 34.0 Å². The van der Waals surface area contributed by atoms with Crippen molar-refractivity contribution < 1.29 is 31.1 Å². The lowest BCUT2D eigenvalue weighted by Crippen LogP contribution is -2.44. The molecular weight excluding hydrogens is 461 g/mol. The van der Waals surface area contributed by atoms with E-state index in [9.17, 15) is 26.4 Å². The lowest BCUT2D eigenvalue weighted by molar-refractivity contribution is -0.141. The van der Waals surface area contributed by atoms with Crippen molar-refractivity contribution in [3.8, 4) is 6.01 Å². The third-order valence-corrected chi connectivity index (χ3v) is 7.37. The quantitative estimate of drug-likeness (QED) is 0.597. The zero-order valence-corrected chi connectivity index (χ0v) is 19.1. The van der Waals surface area contributed by atoms with Crippen LogP contribution in [0.4, 0.5) is 13.2 Å². The molecule has 1 aliphatic heterocycles. The van der Waals surface area contributed by atoms with Gasteiger partial charge in [0.05, 0.1) is 11.4 Å². The number of hydrogen-bond donors (Lipinski definition) is 0. The van der Waals surface area contributed by atoms with Crippen LogP contribution in [0.25, 0.3) is 0 Å². The van der Waals surface area contributed by atoms with E-state index in [1.54, 1.807) is 13.8 Å². The molecule has 1 aromatic carbocycles. The van der Waals surface area contributed by atoms with Gasteiger partial charge in [0.25, 0.3) is 5.91 Å². The maximum atomic E-state index is 12.9. The van der Waals surface area contributed by atoms with Gasteiger partial charge in [-0.1, -0.05) is 13.8 Å². The maximum absolute atomic E-state index is 12.9. The number of nitrogens with zero attached hydrogens (tertiary/aromatic N) is 4. The van der Waals surface area contributed by atoms with E-state index in [0.29, 0.717) is 38.0 Å². The first kappa shape index (κ1) is 24.9. The van der Waals surface area contributed by atoms with Crippen molar-refractivity contribution in [2.24, 2.45) is 0 Å². The zero-order valence-electron chi connectivity index (χ0n) is 18.2. The zero-order chi connectivity index (χ0) is 24.2. The molecule has 2 heterocycles. The number of sulfonamides is 1. The smallest absolute Gasteiger partial charge is 0.433 e. The Balaban J connectivity index is 1.69. The van der Waals surface area contributed by atoms with Gasteiger partial charge >= 0.3 is 12.2 Å². The average Bonchev–Trinajstić information content (AvgIpc) is 2.79. The molecule has 0 aliphatic carbocycles. The van der Waals surface area contributed by atoms with Crippen LogP contribution >= 0.6 is 0 Å². The largest absolute Gasteiger partial charge is 0.458 e. The Labute approximate surface area is 190 Å². The number of carbonyl (C=O) groups is 1. The summed E-state index contributed by atoms with van der Waals surface area (Å²) in [5.41, 5.74) is -0.791. The van der Waals surface area contributed by atoms with Gasteiger partial charge in [-0.05, 0) is 43.2 Å². The summed E-state index contributed by atoms with van der Waals surface area (Å²) in [6.45, 7) is 4.77. The Morgan fingerprint density at radius 2 is 1.85 bits per heavy atom. The van der Waals surface area contributed by atoms with Crippen LogP contribution in [-0.4, -0.2) is 65.8 Å². The topological polar surface area (TPSA) is 92.7 Å². The van der Waals surface area contributed by atoms with Crippen molar-refractivity contribution in [2.45, 2.75) is 43.9 Å². The van der Waals surface area contributed by atoms with E-state index in [1.165, 1.54) is 33.5 Å². The molecule has 3 rings (SSSR count). The van der Waals surface area contributed by atoms with Crippen molar-refractivity contribution in [1.29, 1.82) is 0 Å². The van der Waals surface area contributed by atoms with Crippen LogP contribution in [0, 0.1) is 0 Å². The minimum absolute atomic E-state index is 0.101. The van der Waals surface area contributed by atoms with Gasteiger partial charge in [0.15, 0.2) is 5.69 Å². The van der Waals surface area contributed by atoms with Crippen LogP contribution in [0.5, 0.6) is 6.01 Å². The van der Waals surface area contributed by atoms with Gasteiger partial charge in [0.1, 0.15) is 6.10 Å². The number of ether oxygens (including phenoxy) is 1. The number of alkyl halides is 3. The SMILES string of the molecule is CCN(CC)S(=O)(=O)c1ccc(C(=O)N2CCCC(Oc3nccc(C(F)(F)F)n3)C2)cc1. The van der Waals surface area contributed by atoms with Crippen molar-refractivity contribution in [3.05, 3.63) is 47.8 Å². The monoisotopic (exact) mass is 486 g/mol. The molecule has 1 saturated heterocycles. The predicted octanol–water partition coefficient (Wildman–Crippen LogP) is 3.21. The van der Waals surface area contributed by atoms with Crippen LogP contribution in [0.2, 0.25) is 0 Å².